The Hall–Kier alpha value is -1.84. The largest absolute Gasteiger partial charge is 0.480 e. The van der Waals surface area contributed by atoms with Crippen molar-refractivity contribution in [2.24, 2.45) is 0 Å². The van der Waals surface area contributed by atoms with Gasteiger partial charge in [0.25, 0.3) is 0 Å². The standard InChI is InChI=1S/C17H25NO3/c1-4-15(17(20)21)18-16(19)7-5-6-13-8-10-14(11-9-13)12(2)3/h8-12,15H,4-7H2,1-3H3,(H,18,19)(H,20,21). The number of nitrogens with one attached hydrogen (secondary N) is 1. The van der Waals surface area contributed by atoms with Gasteiger partial charge in [-0.05, 0) is 36.3 Å². The van der Waals surface area contributed by atoms with E-state index in [0.29, 0.717) is 18.8 Å². The van der Waals surface area contributed by atoms with E-state index in [2.05, 4.69) is 43.4 Å². The van der Waals surface area contributed by atoms with Crippen molar-refractivity contribution in [1.29, 1.82) is 0 Å². The first-order chi connectivity index (χ1) is 9.93. The Morgan fingerprint density at radius 1 is 1.19 bits per heavy atom. The third-order valence-electron chi connectivity index (χ3n) is 3.56. The van der Waals surface area contributed by atoms with Crippen LogP contribution in [0.3, 0.4) is 0 Å². The summed E-state index contributed by atoms with van der Waals surface area (Å²) < 4.78 is 0. The highest BCUT2D eigenvalue weighted by Crippen LogP contribution is 2.15. The van der Waals surface area contributed by atoms with Gasteiger partial charge < -0.3 is 10.4 Å². The van der Waals surface area contributed by atoms with E-state index in [1.807, 2.05) is 0 Å². The summed E-state index contributed by atoms with van der Waals surface area (Å²) >= 11 is 0. The molecule has 0 aliphatic rings. The lowest BCUT2D eigenvalue weighted by molar-refractivity contribution is -0.141. The Balaban J connectivity index is 2.36. The van der Waals surface area contributed by atoms with Gasteiger partial charge in [-0.2, -0.15) is 0 Å². The van der Waals surface area contributed by atoms with Crippen LogP contribution in [-0.4, -0.2) is 23.0 Å². The maximum Gasteiger partial charge on any atom is 0.326 e. The van der Waals surface area contributed by atoms with Crippen LogP contribution in [-0.2, 0) is 16.0 Å². The third-order valence-corrected chi connectivity index (χ3v) is 3.56. The Morgan fingerprint density at radius 2 is 1.81 bits per heavy atom. The van der Waals surface area contributed by atoms with Crippen LogP contribution in [0.2, 0.25) is 0 Å². The monoisotopic (exact) mass is 291 g/mol. The highest BCUT2D eigenvalue weighted by atomic mass is 16.4. The van der Waals surface area contributed by atoms with Gasteiger partial charge in [0.2, 0.25) is 5.91 Å². The fourth-order valence-corrected chi connectivity index (χ4v) is 2.13. The van der Waals surface area contributed by atoms with E-state index < -0.39 is 12.0 Å². The van der Waals surface area contributed by atoms with Crippen LogP contribution >= 0.6 is 0 Å². The van der Waals surface area contributed by atoms with Crippen LogP contribution in [0.5, 0.6) is 0 Å². The molecule has 4 nitrogen and oxygen atoms in total. The molecule has 0 radical (unpaired) electrons. The predicted octanol–water partition coefficient (Wildman–Crippen LogP) is 3.11. The van der Waals surface area contributed by atoms with E-state index in [4.69, 9.17) is 5.11 Å². The fourth-order valence-electron chi connectivity index (χ4n) is 2.13. The second-order valence-corrected chi connectivity index (χ2v) is 5.62. The molecule has 21 heavy (non-hydrogen) atoms. The molecule has 1 aromatic carbocycles. The summed E-state index contributed by atoms with van der Waals surface area (Å²) in [4.78, 5) is 22.5. The van der Waals surface area contributed by atoms with E-state index in [0.717, 1.165) is 12.8 Å². The maximum atomic E-state index is 11.7. The van der Waals surface area contributed by atoms with Crippen LogP contribution in [0, 0.1) is 0 Å². The molecular weight excluding hydrogens is 266 g/mol. The smallest absolute Gasteiger partial charge is 0.326 e. The Morgan fingerprint density at radius 3 is 2.29 bits per heavy atom. The molecule has 0 heterocycles. The van der Waals surface area contributed by atoms with Crippen molar-refractivity contribution in [1.82, 2.24) is 5.32 Å². The number of amides is 1. The molecule has 0 saturated carbocycles. The summed E-state index contributed by atoms with van der Waals surface area (Å²) in [5.74, 6) is -0.648. The van der Waals surface area contributed by atoms with E-state index in [-0.39, 0.29) is 5.91 Å². The zero-order valence-electron chi connectivity index (χ0n) is 13.1. The van der Waals surface area contributed by atoms with Gasteiger partial charge in [-0.15, -0.1) is 0 Å². The van der Waals surface area contributed by atoms with E-state index in [1.54, 1.807) is 6.92 Å². The molecule has 1 amide bonds. The minimum absolute atomic E-state index is 0.192. The number of carbonyl (C=O) groups is 2. The van der Waals surface area contributed by atoms with E-state index in [1.165, 1.54) is 11.1 Å². The number of carboxylic acids is 1. The number of benzene rings is 1. The average Bonchev–Trinajstić information content (AvgIpc) is 2.45. The van der Waals surface area contributed by atoms with Gasteiger partial charge in [-0.3, -0.25) is 4.79 Å². The number of carbonyl (C=O) groups excluding carboxylic acids is 1. The number of hydrogen-bond donors (Lipinski definition) is 2. The highest BCUT2D eigenvalue weighted by Gasteiger charge is 2.16. The van der Waals surface area contributed by atoms with Gasteiger partial charge >= 0.3 is 5.97 Å². The van der Waals surface area contributed by atoms with Crippen LogP contribution in [0.15, 0.2) is 24.3 Å². The molecule has 0 spiro atoms. The van der Waals surface area contributed by atoms with Gasteiger partial charge in [-0.25, -0.2) is 4.79 Å². The highest BCUT2D eigenvalue weighted by molar-refractivity contribution is 5.83. The molecule has 1 aromatic rings. The molecule has 1 atom stereocenters. The van der Waals surface area contributed by atoms with Gasteiger partial charge in [-0.1, -0.05) is 45.0 Å². The van der Waals surface area contributed by atoms with Gasteiger partial charge in [0.1, 0.15) is 6.04 Å². The quantitative estimate of drug-likeness (QED) is 0.773. The van der Waals surface area contributed by atoms with Crippen molar-refractivity contribution in [3.8, 4) is 0 Å². The minimum atomic E-state index is -0.977. The molecule has 0 aliphatic carbocycles. The van der Waals surface area contributed by atoms with Crippen molar-refractivity contribution >= 4 is 11.9 Å². The normalized spacial score (nSPS) is 12.2. The van der Waals surface area contributed by atoms with Crippen molar-refractivity contribution in [2.45, 2.75) is 58.4 Å². The van der Waals surface area contributed by atoms with Crippen LogP contribution in [0.25, 0.3) is 0 Å². The molecule has 2 N–H and O–H groups in total. The zero-order chi connectivity index (χ0) is 15.8. The van der Waals surface area contributed by atoms with Gasteiger partial charge in [0, 0.05) is 6.42 Å². The van der Waals surface area contributed by atoms with Crippen LogP contribution < -0.4 is 5.32 Å². The predicted molar refractivity (Wildman–Crippen MR) is 83.3 cm³/mol. The Labute approximate surface area is 126 Å². The Kier molecular flexibility index (Phi) is 6.92. The summed E-state index contributed by atoms with van der Waals surface area (Å²) in [5, 5.41) is 11.4. The molecule has 0 bridgehead atoms. The number of aryl methyl sites for hydroxylation is 1. The molecule has 1 rings (SSSR count). The number of carboxylic acid groups (broad SMARTS) is 1. The molecule has 0 aromatic heterocycles. The molecule has 4 heteroatoms. The molecule has 0 fully saturated rings. The maximum absolute atomic E-state index is 11.7. The molecular formula is C17H25NO3. The number of rotatable bonds is 8. The van der Waals surface area contributed by atoms with Crippen molar-refractivity contribution < 1.29 is 14.7 Å². The second-order valence-electron chi connectivity index (χ2n) is 5.62. The average molecular weight is 291 g/mol. The van der Waals surface area contributed by atoms with Gasteiger partial charge in [0.15, 0.2) is 0 Å². The Bertz CT molecular complexity index is 465. The molecule has 0 aliphatic heterocycles. The summed E-state index contributed by atoms with van der Waals surface area (Å²) in [6.45, 7) is 6.06. The fraction of sp³-hybridized carbons (Fsp3) is 0.529. The summed E-state index contributed by atoms with van der Waals surface area (Å²) in [6.07, 6.45) is 2.31. The van der Waals surface area contributed by atoms with Gasteiger partial charge in [0.05, 0.1) is 0 Å². The third kappa shape index (κ3) is 5.98. The summed E-state index contributed by atoms with van der Waals surface area (Å²) in [7, 11) is 0. The van der Waals surface area contributed by atoms with Crippen molar-refractivity contribution in [2.75, 3.05) is 0 Å². The first-order valence-electron chi connectivity index (χ1n) is 7.55. The van der Waals surface area contributed by atoms with Crippen molar-refractivity contribution in [3.05, 3.63) is 35.4 Å². The molecule has 1 unspecified atom stereocenters. The lowest BCUT2D eigenvalue weighted by Crippen LogP contribution is -2.40. The first-order valence-corrected chi connectivity index (χ1v) is 7.55. The number of hydrogen-bond acceptors (Lipinski definition) is 2. The van der Waals surface area contributed by atoms with E-state index in [9.17, 15) is 9.59 Å². The zero-order valence-corrected chi connectivity index (χ0v) is 13.1. The summed E-state index contributed by atoms with van der Waals surface area (Å²) in [6, 6.07) is 7.66. The SMILES string of the molecule is CCC(NC(=O)CCCc1ccc(C(C)C)cc1)C(=O)O. The van der Waals surface area contributed by atoms with Crippen LogP contribution in [0.4, 0.5) is 0 Å². The summed E-state index contributed by atoms with van der Waals surface area (Å²) in [5.41, 5.74) is 2.52. The lowest BCUT2D eigenvalue weighted by atomic mass is 10.00. The molecule has 0 saturated heterocycles. The van der Waals surface area contributed by atoms with Crippen LogP contribution in [0.1, 0.15) is 57.1 Å². The number of aliphatic carboxylic acids is 1. The molecule has 116 valence electrons. The second kappa shape index (κ2) is 8.45. The first kappa shape index (κ1) is 17.2. The minimum Gasteiger partial charge on any atom is -0.480 e. The van der Waals surface area contributed by atoms with E-state index >= 15 is 0 Å². The topological polar surface area (TPSA) is 66.4 Å². The van der Waals surface area contributed by atoms with Crippen molar-refractivity contribution in [3.63, 3.8) is 0 Å². The lowest BCUT2D eigenvalue weighted by Gasteiger charge is -2.12.